The van der Waals surface area contributed by atoms with Gasteiger partial charge in [-0.1, -0.05) is 35.3 Å². The quantitative estimate of drug-likeness (QED) is 0.148. The van der Waals surface area contributed by atoms with Gasteiger partial charge in [0.2, 0.25) is 27.8 Å². The molecule has 3 aromatic carbocycles. The fourth-order valence-electron chi connectivity index (χ4n) is 4.35. The Morgan fingerprint density at radius 2 is 1.71 bits per heavy atom. The van der Waals surface area contributed by atoms with Crippen LogP contribution >= 0.6 is 23.2 Å². The van der Waals surface area contributed by atoms with Crippen molar-refractivity contribution in [3.8, 4) is 0 Å². The molecule has 49 heavy (non-hydrogen) atoms. The summed E-state index contributed by atoms with van der Waals surface area (Å²) in [5.74, 6) is -1.74. The number of carboxylic acids is 1. The van der Waals surface area contributed by atoms with Gasteiger partial charge in [0.25, 0.3) is 0 Å². The first-order valence-electron chi connectivity index (χ1n) is 13.8. The van der Waals surface area contributed by atoms with E-state index in [9.17, 15) is 26.4 Å². The molecule has 0 saturated carbocycles. The Balaban J connectivity index is 0.000000698. The van der Waals surface area contributed by atoms with Crippen molar-refractivity contribution in [3.63, 3.8) is 0 Å². The highest BCUT2D eigenvalue weighted by Crippen LogP contribution is 2.29. The molecule has 5 rings (SSSR count). The van der Waals surface area contributed by atoms with E-state index in [4.69, 9.17) is 38.2 Å². The van der Waals surface area contributed by atoms with Crippen LogP contribution in [0.3, 0.4) is 0 Å². The number of primary sulfonamides is 1. The van der Waals surface area contributed by atoms with Crippen LogP contribution in [0.25, 0.3) is 11.0 Å². The molecule has 0 aliphatic carbocycles. The number of rotatable bonds is 8. The highest BCUT2D eigenvalue weighted by atomic mass is 35.5. The lowest BCUT2D eigenvalue weighted by Gasteiger charge is -2.19. The molecule has 5 N–H and O–H groups in total. The standard InChI is InChI=1S/C28H26Cl2N8O3S.C2HF3O2/c1-16-4-6-18(14-24(16)42(31,40)41)33-27-32-11-10-25(35-27)37(2)19-7-9-23-22(15-19)34-28(38(23)3)36-26(39)13-17-5-8-20(29)21(30)12-17;3-2(4,5)1(6)7/h4-12,14-15H,13H2,1-3H3,(H2,31,40,41)(H,32,33,35)(H,34,36,39);(H,6,7). The number of anilines is 5. The van der Waals surface area contributed by atoms with Crippen LogP contribution in [0.1, 0.15) is 11.1 Å². The molecule has 0 bridgehead atoms. The Morgan fingerprint density at radius 1 is 1.02 bits per heavy atom. The van der Waals surface area contributed by atoms with Crippen molar-refractivity contribution >= 4 is 85.2 Å². The number of carbonyl (C=O) groups excluding carboxylic acids is 1. The highest BCUT2D eigenvalue weighted by Gasteiger charge is 2.38. The van der Waals surface area contributed by atoms with Gasteiger partial charge in [0.15, 0.2) is 0 Å². The second kappa shape index (κ2) is 14.7. The largest absolute Gasteiger partial charge is 0.490 e. The van der Waals surface area contributed by atoms with Crippen molar-refractivity contribution in [2.24, 2.45) is 12.2 Å². The van der Waals surface area contributed by atoms with Gasteiger partial charge in [-0.2, -0.15) is 18.2 Å². The molecule has 0 atom stereocenters. The Hall–Kier alpha value is -4.97. The zero-order chi connectivity index (χ0) is 36.3. The number of nitrogens with one attached hydrogen (secondary N) is 2. The third-order valence-corrected chi connectivity index (χ3v) is 8.62. The number of hydrogen-bond acceptors (Lipinski definition) is 9. The van der Waals surface area contributed by atoms with Crippen LogP contribution in [-0.4, -0.2) is 58.1 Å². The number of carbonyl (C=O) groups is 2. The lowest BCUT2D eigenvalue weighted by molar-refractivity contribution is -0.192. The fourth-order valence-corrected chi connectivity index (χ4v) is 5.48. The maximum absolute atomic E-state index is 12.7. The number of alkyl halides is 3. The maximum atomic E-state index is 12.7. The first kappa shape index (κ1) is 36.9. The van der Waals surface area contributed by atoms with Crippen LogP contribution in [0, 0.1) is 6.92 Å². The first-order chi connectivity index (χ1) is 22.8. The summed E-state index contributed by atoms with van der Waals surface area (Å²) in [5.41, 5.74) is 4.05. The molecule has 0 aliphatic rings. The third kappa shape index (κ3) is 9.35. The second-order valence-corrected chi connectivity index (χ2v) is 12.7. The third-order valence-electron chi connectivity index (χ3n) is 6.83. The van der Waals surface area contributed by atoms with E-state index in [-0.39, 0.29) is 23.2 Å². The monoisotopic (exact) mass is 738 g/mol. The lowest BCUT2D eigenvalue weighted by atomic mass is 10.1. The van der Waals surface area contributed by atoms with Crippen molar-refractivity contribution in [2.45, 2.75) is 24.4 Å². The van der Waals surface area contributed by atoms with Gasteiger partial charge in [-0.15, -0.1) is 0 Å². The number of nitrogens with two attached hydrogens (primary N) is 1. The SMILES string of the molecule is Cc1ccc(Nc2nccc(N(C)c3ccc4c(c3)nc(NC(=O)Cc3ccc(Cl)c(Cl)c3)n4C)n2)cc1S(N)(=O)=O.O=C(O)C(F)(F)F. The van der Waals surface area contributed by atoms with Crippen LogP contribution in [-0.2, 0) is 33.1 Å². The van der Waals surface area contributed by atoms with E-state index in [0.717, 1.165) is 16.8 Å². The molecule has 5 aromatic rings. The van der Waals surface area contributed by atoms with Gasteiger partial charge in [-0.05, 0) is 66.6 Å². The average molecular weight is 740 g/mol. The zero-order valence-electron chi connectivity index (χ0n) is 25.7. The van der Waals surface area contributed by atoms with Gasteiger partial charge < -0.3 is 19.9 Å². The summed E-state index contributed by atoms with van der Waals surface area (Å²) < 4.78 is 57.3. The molecule has 258 valence electrons. The van der Waals surface area contributed by atoms with E-state index < -0.39 is 22.2 Å². The number of sulfonamides is 1. The number of nitrogens with zero attached hydrogens (tertiary/aromatic N) is 5. The van der Waals surface area contributed by atoms with Crippen LogP contribution in [0.15, 0.2) is 71.8 Å². The molecule has 1 amide bonds. The number of aryl methyl sites for hydroxylation is 2. The van der Waals surface area contributed by atoms with E-state index in [1.807, 2.05) is 37.2 Å². The normalized spacial score (nSPS) is 11.4. The zero-order valence-corrected chi connectivity index (χ0v) is 28.1. The predicted octanol–water partition coefficient (Wildman–Crippen LogP) is 5.95. The number of imidazole rings is 1. The molecule has 0 fully saturated rings. The van der Waals surface area contributed by atoms with Gasteiger partial charge in [0.1, 0.15) is 5.82 Å². The fraction of sp³-hybridized carbons (Fsp3) is 0.167. The van der Waals surface area contributed by atoms with Crippen molar-refractivity contribution in [1.29, 1.82) is 0 Å². The molecule has 0 saturated heterocycles. The van der Waals surface area contributed by atoms with Crippen LogP contribution < -0.4 is 20.7 Å². The van der Waals surface area contributed by atoms with Gasteiger partial charge in [0.05, 0.1) is 32.4 Å². The molecule has 2 heterocycles. The van der Waals surface area contributed by atoms with Gasteiger partial charge >= 0.3 is 12.1 Å². The van der Waals surface area contributed by atoms with Crippen molar-refractivity contribution in [2.75, 3.05) is 22.6 Å². The summed E-state index contributed by atoms with van der Waals surface area (Å²) in [6.07, 6.45) is -3.37. The molecule has 19 heteroatoms. The van der Waals surface area contributed by atoms with Crippen LogP contribution in [0.5, 0.6) is 0 Å². The number of amides is 1. The molecule has 0 aliphatic heterocycles. The van der Waals surface area contributed by atoms with Gasteiger partial charge in [-0.25, -0.2) is 28.3 Å². The van der Waals surface area contributed by atoms with Crippen LogP contribution in [0.2, 0.25) is 10.0 Å². The number of hydrogen-bond donors (Lipinski definition) is 4. The van der Waals surface area contributed by atoms with E-state index in [1.54, 1.807) is 54.1 Å². The molecule has 13 nitrogen and oxygen atoms in total. The van der Waals surface area contributed by atoms with E-state index in [2.05, 4.69) is 25.6 Å². The number of aromatic nitrogens is 4. The van der Waals surface area contributed by atoms with Crippen molar-refractivity contribution in [1.82, 2.24) is 19.5 Å². The molecular weight excluding hydrogens is 712 g/mol. The summed E-state index contributed by atoms with van der Waals surface area (Å²) in [5, 5.41) is 19.2. The Bertz CT molecular complexity index is 2160. The molecular formula is C30H27Cl2F3N8O5S. The van der Waals surface area contributed by atoms with Gasteiger partial charge in [0, 0.05) is 31.7 Å². The number of fused-ring (bicyclic) bond motifs is 1. The number of benzene rings is 3. The van der Waals surface area contributed by atoms with E-state index in [1.165, 1.54) is 6.07 Å². The van der Waals surface area contributed by atoms with Crippen molar-refractivity contribution in [3.05, 3.63) is 88.0 Å². The predicted molar refractivity (Wildman–Crippen MR) is 179 cm³/mol. The number of halogens is 5. The molecule has 0 radical (unpaired) electrons. The minimum Gasteiger partial charge on any atom is -0.475 e. The minimum atomic E-state index is -5.08. The maximum Gasteiger partial charge on any atom is 0.490 e. The molecule has 0 spiro atoms. The summed E-state index contributed by atoms with van der Waals surface area (Å²) in [6.45, 7) is 1.67. The summed E-state index contributed by atoms with van der Waals surface area (Å²) in [7, 11) is -0.209. The van der Waals surface area contributed by atoms with E-state index in [0.29, 0.717) is 38.6 Å². The van der Waals surface area contributed by atoms with E-state index >= 15 is 0 Å². The summed E-state index contributed by atoms with van der Waals surface area (Å²) in [6, 6.07) is 17.3. The molecule has 2 aromatic heterocycles. The number of aliphatic carboxylic acids is 1. The van der Waals surface area contributed by atoms with Crippen molar-refractivity contribution < 1.29 is 36.3 Å². The Labute approximate surface area is 287 Å². The average Bonchev–Trinajstić information content (AvgIpc) is 3.32. The topological polar surface area (TPSA) is 185 Å². The lowest BCUT2D eigenvalue weighted by Crippen LogP contribution is -2.21. The minimum absolute atomic E-state index is 0.0226. The van der Waals surface area contributed by atoms with Crippen LogP contribution in [0.4, 0.5) is 42.3 Å². The number of carboxylic acid groups (broad SMARTS) is 1. The summed E-state index contributed by atoms with van der Waals surface area (Å²) in [4.78, 5) is 36.9. The first-order valence-corrected chi connectivity index (χ1v) is 16.1. The van der Waals surface area contributed by atoms with Gasteiger partial charge in [-0.3, -0.25) is 10.1 Å². The Morgan fingerprint density at radius 3 is 2.35 bits per heavy atom. The highest BCUT2D eigenvalue weighted by molar-refractivity contribution is 7.89. The Kier molecular flexibility index (Phi) is 11.0. The summed E-state index contributed by atoms with van der Waals surface area (Å²) >= 11 is 12.0. The second-order valence-electron chi connectivity index (χ2n) is 10.4. The molecule has 0 unspecified atom stereocenters. The smallest absolute Gasteiger partial charge is 0.475 e.